The van der Waals surface area contributed by atoms with Crippen LogP contribution in [-0.4, -0.2) is 46.7 Å². The topological polar surface area (TPSA) is 53.5 Å². The second-order valence-corrected chi connectivity index (χ2v) is 7.32. The Morgan fingerprint density at radius 2 is 1.93 bits per heavy atom. The number of hydrogen-bond donors (Lipinski definition) is 0. The van der Waals surface area contributed by atoms with E-state index in [1.807, 2.05) is 60.7 Å². The maximum Gasteiger partial charge on any atom is 0.242 e. The number of hydrogen-bond acceptors (Lipinski definition) is 3. The number of fused-ring (bicyclic) bond motifs is 1. The van der Waals surface area contributed by atoms with Crippen LogP contribution in [0.2, 0.25) is 0 Å². The molecule has 142 valence electrons. The van der Waals surface area contributed by atoms with E-state index in [0.717, 1.165) is 22.0 Å². The minimum atomic E-state index is -0.0528. The van der Waals surface area contributed by atoms with E-state index in [4.69, 9.17) is 0 Å². The molecule has 1 fully saturated rings. The maximum atomic E-state index is 12.7. The maximum absolute atomic E-state index is 12.7. The molecule has 5 heteroatoms. The minimum absolute atomic E-state index is 0.0463. The zero-order chi connectivity index (χ0) is 19.5. The molecule has 0 saturated carbocycles. The van der Waals surface area contributed by atoms with E-state index in [1.165, 1.54) is 0 Å². The molecular weight excluding hydrogens is 350 g/mol. The number of likely N-dealkylation sites (N-methyl/N-ethyl adjacent to an activating group) is 1. The number of benzene rings is 2. The van der Waals surface area contributed by atoms with Gasteiger partial charge >= 0.3 is 0 Å². The Morgan fingerprint density at radius 3 is 2.75 bits per heavy atom. The lowest BCUT2D eigenvalue weighted by Crippen LogP contribution is -2.38. The van der Waals surface area contributed by atoms with Crippen molar-refractivity contribution in [2.45, 2.75) is 18.9 Å². The zero-order valence-electron chi connectivity index (χ0n) is 15.9. The van der Waals surface area contributed by atoms with E-state index in [0.29, 0.717) is 19.5 Å². The van der Waals surface area contributed by atoms with Gasteiger partial charge < -0.3 is 9.80 Å². The number of carbonyl (C=O) groups is 2. The van der Waals surface area contributed by atoms with Crippen molar-refractivity contribution in [2.75, 3.05) is 20.1 Å². The second kappa shape index (κ2) is 7.80. The molecule has 3 aromatic rings. The summed E-state index contributed by atoms with van der Waals surface area (Å²) in [7, 11) is 1.78. The lowest BCUT2D eigenvalue weighted by molar-refractivity contribution is -0.137. The highest BCUT2D eigenvalue weighted by Gasteiger charge is 2.32. The third-order valence-electron chi connectivity index (χ3n) is 5.38. The molecule has 5 nitrogen and oxygen atoms in total. The quantitative estimate of drug-likeness (QED) is 0.690. The van der Waals surface area contributed by atoms with Crippen LogP contribution >= 0.6 is 0 Å². The molecule has 1 aromatic heterocycles. The highest BCUT2D eigenvalue weighted by atomic mass is 16.2. The molecule has 1 aliphatic rings. The summed E-state index contributed by atoms with van der Waals surface area (Å²) in [5.74, 6) is 0.156. The largest absolute Gasteiger partial charge is 0.340 e. The molecule has 0 N–H and O–H groups in total. The van der Waals surface area contributed by atoms with Gasteiger partial charge in [0.05, 0.1) is 12.1 Å². The zero-order valence-corrected chi connectivity index (χ0v) is 15.9. The van der Waals surface area contributed by atoms with E-state index in [-0.39, 0.29) is 24.3 Å². The first kappa shape index (κ1) is 18.2. The molecule has 1 atom stereocenters. The Labute approximate surface area is 164 Å². The molecule has 0 spiro atoms. The summed E-state index contributed by atoms with van der Waals surface area (Å²) in [6.45, 7) is 1.22. The van der Waals surface area contributed by atoms with Crippen molar-refractivity contribution in [1.82, 2.24) is 14.8 Å². The van der Waals surface area contributed by atoms with Crippen LogP contribution in [0.5, 0.6) is 0 Å². The molecule has 28 heavy (non-hydrogen) atoms. The summed E-state index contributed by atoms with van der Waals surface area (Å²) >= 11 is 0. The number of aromatic nitrogens is 1. The fourth-order valence-electron chi connectivity index (χ4n) is 3.81. The van der Waals surface area contributed by atoms with Crippen LogP contribution < -0.4 is 0 Å². The van der Waals surface area contributed by atoms with Gasteiger partial charge in [0.1, 0.15) is 0 Å². The fraction of sp³-hybridized carbons (Fsp3) is 0.261. The first-order valence-corrected chi connectivity index (χ1v) is 9.51. The SMILES string of the molecule is CN(Cc1cccc2ncccc12)C(=O)CN1C[C@H](c2ccccc2)CC1=O. The van der Waals surface area contributed by atoms with Gasteiger partial charge in [-0.1, -0.05) is 48.5 Å². The summed E-state index contributed by atoms with van der Waals surface area (Å²) in [6.07, 6.45) is 2.24. The number of amides is 2. The molecule has 1 saturated heterocycles. The van der Waals surface area contributed by atoms with Crippen LogP contribution in [0.1, 0.15) is 23.5 Å². The highest BCUT2D eigenvalue weighted by molar-refractivity contribution is 5.87. The Kier molecular flexibility index (Phi) is 5.06. The molecule has 0 unspecified atom stereocenters. The van der Waals surface area contributed by atoms with Crippen molar-refractivity contribution in [2.24, 2.45) is 0 Å². The Morgan fingerprint density at radius 1 is 1.11 bits per heavy atom. The van der Waals surface area contributed by atoms with Gasteiger partial charge in [-0.15, -0.1) is 0 Å². The van der Waals surface area contributed by atoms with Gasteiger partial charge in [0.25, 0.3) is 0 Å². The molecule has 2 amide bonds. The number of likely N-dealkylation sites (tertiary alicyclic amines) is 1. The van der Waals surface area contributed by atoms with Crippen LogP contribution in [0, 0.1) is 0 Å². The van der Waals surface area contributed by atoms with Crippen LogP contribution in [0.4, 0.5) is 0 Å². The van der Waals surface area contributed by atoms with Crippen LogP contribution in [0.15, 0.2) is 66.9 Å². The van der Waals surface area contributed by atoms with Crippen LogP contribution in [0.25, 0.3) is 10.9 Å². The average molecular weight is 373 g/mol. The van der Waals surface area contributed by atoms with E-state index < -0.39 is 0 Å². The smallest absolute Gasteiger partial charge is 0.242 e. The molecule has 2 heterocycles. The summed E-state index contributed by atoms with van der Waals surface area (Å²) < 4.78 is 0. The normalized spacial score (nSPS) is 16.5. The third-order valence-corrected chi connectivity index (χ3v) is 5.38. The predicted octanol–water partition coefficient (Wildman–Crippen LogP) is 3.21. The van der Waals surface area contributed by atoms with Gasteiger partial charge in [-0.2, -0.15) is 0 Å². The van der Waals surface area contributed by atoms with E-state index in [2.05, 4.69) is 4.98 Å². The van der Waals surface area contributed by atoms with Gasteiger partial charge in [0.2, 0.25) is 11.8 Å². The van der Waals surface area contributed by atoms with Crippen LogP contribution in [-0.2, 0) is 16.1 Å². The average Bonchev–Trinajstić information content (AvgIpc) is 3.09. The van der Waals surface area contributed by atoms with Crippen LogP contribution in [0.3, 0.4) is 0 Å². The summed E-state index contributed by atoms with van der Waals surface area (Å²) in [4.78, 5) is 32.9. The molecule has 0 bridgehead atoms. The summed E-state index contributed by atoms with van der Waals surface area (Å²) in [5.41, 5.74) is 3.13. The first-order valence-electron chi connectivity index (χ1n) is 9.51. The van der Waals surface area contributed by atoms with Crippen molar-refractivity contribution in [3.05, 3.63) is 78.0 Å². The van der Waals surface area contributed by atoms with Crippen molar-refractivity contribution in [1.29, 1.82) is 0 Å². The summed E-state index contributed by atoms with van der Waals surface area (Å²) in [6, 6.07) is 19.9. The number of carbonyl (C=O) groups excluding carboxylic acids is 2. The molecule has 1 aliphatic heterocycles. The number of nitrogens with zero attached hydrogens (tertiary/aromatic N) is 3. The van der Waals surface area contributed by atoms with Gasteiger partial charge in [0, 0.05) is 44.1 Å². The Hall–Kier alpha value is -3.21. The first-order chi connectivity index (χ1) is 13.6. The summed E-state index contributed by atoms with van der Waals surface area (Å²) in [5, 5.41) is 1.05. The van der Waals surface area contributed by atoms with Gasteiger partial charge in [0.15, 0.2) is 0 Å². The Balaban J connectivity index is 1.41. The van der Waals surface area contributed by atoms with Gasteiger partial charge in [-0.3, -0.25) is 14.6 Å². The fourth-order valence-corrected chi connectivity index (χ4v) is 3.81. The van der Waals surface area contributed by atoms with Crippen molar-refractivity contribution < 1.29 is 9.59 Å². The van der Waals surface area contributed by atoms with Gasteiger partial charge in [-0.25, -0.2) is 0 Å². The minimum Gasteiger partial charge on any atom is -0.340 e. The molecular formula is C23H23N3O2. The highest BCUT2D eigenvalue weighted by Crippen LogP contribution is 2.28. The standard InChI is InChI=1S/C23H23N3O2/c1-25(14-18-9-5-11-21-20(18)10-6-12-24-21)23(28)16-26-15-19(13-22(26)27)17-7-3-2-4-8-17/h2-12,19H,13-16H2,1H3/t19-/m1/s1. The van der Waals surface area contributed by atoms with Gasteiger partial charge in [-0.05, 0) is 23.3 Å². The van der Waals surface area contributed by atoms with E-state index >= 15 is 0 Å². The molecule has 0 radical (unpaired) electrons. The number of rotatable bonds is 5. The van der Waals surface area contributed by atoms with Crippen molar-refractivity contribution in [3.63, 3.8) is 0 Å². The van der Waals surface area contributed by atoms with Crippen molar-refractivity contribution >= 4 is 22.7 Å². The second-order valence-electron chi connectivity index (χ2n) is 7.32. The monoisotopic (exact) mass is 373 g/mol. The Bertz CT molecular complexity index is 998. The van der Waals surface area contributed by atoms with E-state index in [1.54, 1.807) is 23.0 Å². The predicted molar refractivity (Wildman–Crippen MR) is 109 cm³/mol. The third kappa shape index (κ3) is 3.74. The lowest BCUT2D eigenvalue weighted by atomic mass is 9.99. The molecule has 0 aliphatic carbocycles. The van der Waals surface area contributed by atoms with Crippen molar-refractivity contribution in [3.8, 4) is 0 Å². The molecule has 4 rings (SSSR count). The number of pyridine rings is 1. The van der Waals surface area contributed by atoms with E-state index in [9.17, 15) is 9.59 Å². The molecule has 2 aromatic carbocycles. The lowest BCUT2D eigenvalue weighted by Gasteiger charge is -2.22.